The number of rotatable bonds is 3. The molecule has 0 radical (unpaired) electrons. The predicted molar refractivity (Wildman–Crippen MR) is 102 cm³/mol. The number of halogens is 3. The number of nitrogens with zero attached hydrogens (tertiary/aromatic N) is 4. The summed E-state index contributed by atoms with van der Waals surface area (Å²) in [6.07, 6.45) is -1.61. The summed E-state index contributed by atoms with van der Waals surface area (Å²) < 4.78 is 40.4. The fraction of sp³-hybridized carbons (Fsp3) is 0.429. The van der Waals surface area contributed by atoms with Crippen LogP contribution in [0.2, 0.25) is 0 Å². The maximum absolute atomic E-state index is 12.8. The minimum Gasteiger partial charge on any atom is -0.329 e. The number of hydrogen-bond donors (Lipinski definition) is 0. The molecule has 1 aromatic carbocycles. The molecule has 0 N–H and O–H groups in total. The minimum absolute atomic E-state index is 0.278. The molecule has 3 aromatic rings. The van der Waals surface area contributed by atoms with Crippen molar-refractivity contribution >= 4 is 11.2 Å². The number of aryl methyl sites for hydroxylation is 1. The zero-order valence-electron chi connectivity index (χ0n) is 15.9. The molecule has 4 rings (SSSR count). The number of alkyl halides is 3. The molecular formula is C21H23F3N4. The number of aromatic nitrogens is 3. The van der Waals surface area contributed by atoms with Gasteiger partial charge in [-0.1, -0.05) is 19.1 Å². The van der Waals surface area contributed by atoms with Crippen molar-refractivity contribution < 1.29 is 13.2 Å². The van der Waals surface area contributed by atoms with E-state index in [1.165, 1.54) is 12.1 Å². The molecule has 1 saturated heterocycles. The van der Waals surface area contributed by atoms with Crippen LogP contribution in [0.15, 0.2) is 42.6 Å². The van der Waals surface area contributed by atoms with E-state index in [1.54, 1.807) is 18.3 Å². The van der Waals surface area contributed by atoms with Crippen LogP contribution in [-0.4, -0.2) is 32.5 Å². The number of pyridine rings is 1. The molecule has 0 amide bonds. The fourth-order valence-electron chi connectivity index (χ4n) is 4.20. The number of benzene rings is 1. The van der Waals surface area contributed by atoms with Crippen molar-refractivity contribution in [2.45, 2.75) is 32.0 Å². The summed E-state index contributed by atoms with van der Waals surface area (Å²) in [5.41, 5.74) is 2.18. The lowest BCUT2D eigenvalue weighted by molar-refractivity contribution is -0.137. The first-order valence-corrected chi connectivity index (χ1v) is 9.49. The van der Waals surface area contributed by atoms with Crippen LogP contribution in [0.3, 0.4) is 0 Å². The van der Waals surface area contributed by atoms with Crippen molar-refractivity contribution in [2.75, 3.05) is 13.1 Å². The van der Waals surface area contributed by atoms with E-state index < -0.39 is 11.7 Å². The lowest BCUT2D eigenvalue weighted by atomic mass is 9.81. The maximum atomic E-state index is 12.8. The van der Waals surface area contributed by atoms with Crippen LogP contribution in [0.1, 0.15) is 36.2 Å². The zero-order chi connectivity index (χ0) is 19.9. The highest BCUT2D eigenvalue weighted by Crippen LogP contribution is 2.35. The van der Waals surface area contributed by atoms with Gasteiger partial charge in [-0.05, 0) is 54.6 Å². The van der Waals surface area contributed by atoms with Crippen LogP contribution in [0.5, 0.6) is 0 Å². The summed E-state index contributed by atoms with van der Waals surface area (Å²) >= 11 is 0. The van der Waals surface area contributed by atoms with Gasteiger partial charge in [0.05, 0.1) is 17.6 Å². The van der Waals surface area contributed by atoms with Crippen LogP contribution in [0, 0.1) is 5.92 Å². The third kappa shape index (κ3) is 3.63. The van der Waals surface area contributed by atoms with E-state index in [0.717, 1.165) is 48.6 Å². The van der Waals surface area contributed by atoms with Gasteiger partial charge in [0.15, 0.2) is 5.65 Å². The van der Waals surface area contributed by atoms with Gasteiger partial charge < -0.3 is 4.57 Å². The third-order valence-electron chi connectivity index (χ3n) is 5.77. The Morgan fingerprint density at radius 1 is 1.14 bits per heavy atom. The van der Waals surface area contributed by atoms with E-state index in [1.807, 2.05) is 19.2 Å². The Morgan fingerprint density at radius 2 is 1.89 bits per heavy atom. The molecule has 0 aliphatic carbocycles. The molecule has 0 unspecified atom stereocenters. The van der Waals surface area contributed by atoms with Gasteiger partial charge in [-0.2, -0.15) is 13.2 Å². The molecule has 7 heteroatoms. The Labute approximate surface area is 162 Å². The van der Waals surface area contributed by atoms with Crippen LogP contribution in [-0.2, 0) is 19.8 Å². The summed E-state index contributed by atoms with van der Waals surface area (Å²) in [6, 6.07) is 9.58. The van der Waals surface area contributed by atoms with Gasteiger partial charge in [-0.25, -0.2) is 9.97 Å². The lowest BCUT2D eigenvalue weighted by Gasteiger charge is -2.37. The summed E-state index contributed by atoms with van der Waals surface area (Å²) in [7, 11) is 2.00. The SMILES string of the molecule is C[C@H]1CN(Cc2nc3ncccc3n2C)CC[C@H]1c1ccc(C(F)(F)F)cc1. The molecule has 4 nitrogen and oxygen atoms in total. The van der Waals surface area contributed by atoms with E-state index in [-0.39, 0.29) is 5.92 Å². The molecule has 148 valence electrons. The Bertz CT molecular complexity index is 962. The first-order chi connectivity index (χ1) is 13.3. The van der Waals surface area contributed by atoms with E-state index in [2.05, 4.69) is 26.4 Å². The normalized spacial score (nSPS) is 21.3. The van der Waals surface area contributed by atoms with Crippen molar-refractivity contribution in [3.8, 4) is 0 Å². The highest BCUT2D eigenvalue weighted by Gasteiger charge is 2.32. The van der Waals surface area contributed by atoms with Crippen molar-refractivity contribution in [2.24, 2.45) is 13.0 Å². The molecular weight excluding hydrogens is 365 g/mol. The zero-order valence-corrected chi connectivity index (χ0v) is 15.9. The van der Waals surface area contributed by atoms with Gasteiger partial charge >= 0.3 is 6.18 Å². The number of piperidine rings is 1. The molecule has 1 fully saturated rings. The van der Waals surface area contributed by atoms with Crippen molar-refractivity contribution in [3.63, 3.8) is 0 Å². The molecule has 0 bridgehead atoms. The Kier molecular flexibility index (Phi) is 4.87. The second-order valence-corrected chi connectivity index (χ2v) is 7.66. The van der Waals surface area contributed by atoms with Crippen molar-refractivity contribution in [1.29, 1.82) is 0 Å². The van der Waals surface area contributed by atoms with E-state index >= 15 is 0 Å². The Hall–Kier alpha value is -2.41. The second kappa shape index (κ2) is 7.20. The minimum atomic E-state index is -4.28. The van der Waals surface area contributed by atoms with Gasteiger partial charge in [-0.3, -0.25) is 4.90 Å². The first-order valence-electron chi connectivity index (χ1n) is 9.49. The lowest BCUT2D eigenvalue weighted by Crippen LogP contribution is -2.38. The van der Waals surface area contributed by atoms with Crippen LogP contribution >= 0.6 is 0 Å². The average Bonchev–Trinajstić information content (AvgIpc) is 2.97. The molecule has 1 aliphatic heterocycles. The predicted octanol–water partition coefficient (Wildman–Crippen LogP) is 4.61. The molecule has 28 heavy (non-hydrogen) atoms. The van der Waals surface area contributed by atoms with Crippen LogP contribution in [0.4, 0.5) is 13.2 Å². The molecule has 0 saturated carbocycles. The maximum Gasteiger partial charge on any atom is 0.416 e. The second-order valence-electron chi connectivity index (χ2n) is 7.66. The van der Waals surface area contributed by atoms with Crippen LogP contribution < -0.4 is 0 Å². The monoisotopic (exact) mass is 388 g/mol. The van der Waals surface area contributed by atoms with E-state index in [0.29, 0.717) is 5.92 Å². The summed E-state index contributed by atoms with van der Waals surface area (Å²) in [6.45, 7) is 4.71. The quantitative estimate of drug-likeness (QED) is 0.657. The highest BCUT2D eigenvalue weighted by atomic mass is 19.4. The van der Waals surface area contributed by atoms with Crippen LogP contribution in [0.25, 0.3) is 11.2 Å². The van der Waals surface area contributed by atoms with Gasteiger partial charge in [0.1, 0.15) is 5.82 Å². The first kappa shape index (κ1) is 18.9. The molecule has 2 atom stereocenters. The topological polar surface area (TPSA) is 34.0 Å². The number of hydrogen-bond acceptors (Lipinski definition) is 3. The van der Waals surface area contributed by atoms with Gasteiger partial charge in [0.2, 0.25) is 0 Å². The summed E-state index contributed by atoms with van der Waals surface area (Å²) in [4.78, 5) is 11.3. The average molecular weight is 388 g/mol. The van der Waals surface area contributed by atoms with E-state index in [4.69, 9.17) is 0 Å². The number of fused-ring (bicyclic) bond motifs is 1. The fourth-order valence-corrected chi connectivity index (χ4v) is 4.20. The van der Waals surface area contributed by atoms with E-state index in [9.17, 15) is 13.2 Å². The Morgan fingerprint density at radius 3 is 2.54 bits per heavy atom. The summed E-state index contributed by atoms with van der Waals surface area (Å²) in [5, 5.41) is 0. The van der Waals surface area contributed by atoms with Crippen molar-refractivity contribution in [3.05, 3.63) is 59.5 Å². The number of imidazole rings is 1. The highest BCUT2D eigenvalue weighted by molar-refractivity contribution is 5.71. The molecule has 0 spiro atoms. The smallest absolute Gasteiger partial charge is 0.329 e. The summed E-state index contributed by atoms with van der Waals surface area (Å²) in [5.74, 6) is 1.62. The molecule has 1 aliphatic rings. The number of likely N-dealkylation sites (tertiary alicyclic amines) is 1. The molecule has 2 aromatic heterocycles. The Balaban J connectivity index is 1.44. The van der Waals surface area contributed by atoms with Gasteiger partial charge in [0, 0.05) is 19.8 Å². The van der Waals surface area contributed by atoms with Gasteiger partial charge in [-0.15, -0.1) is 0 Å². The largest absolute Gasteiger partial charge is 0.416 e. The standard InChI is InChI=1S/C21H23F3N4/c1-14-12-28(13-19-26-20-18(27(19)2)4-3-10-25-20)11-9-17(14)15-5-7-16(8-6-15)21(22,23)24/h3-8,10,14,17H,9,11-13H2,1-2H3/t14-,17+/m0/s1. The van der Waals surface area contributed by atoms with Gasteiger partial charge in [0.25, 0.3) is 0 Å². The third-order valence-corrected chi connectivity index (χ3v) is 5.77. The van der Waals surface area contributed by atoms with Crippen molar-refractivity contribution in [1.82, 2.24) is 19.4 Å². The molecule has 3 heterocycles.